The van der Waals surface area contributed by atoms with Crippen LogP contribution < -0.4 is 0 Å². The smallest absolute Gasteiger partial charge is 0.0353 e. The Morgan fingerprint density at radius 3 is 2.54 bits per heavy atom. The lowest BCUT2D eigenvalue weighted by Crippen LogP contribution is -1.92. The highest BCUT2D eigenvalue weighted by Crippen LogP contribution is 2.20. The van der Waals surface area contributed by atoms with Crippen molar-refractivity contribution < 1.29 is 4.55 Å². The van der Waals surface area contributed by atoms with Gasteiger partial charge in [-0.05, 0) is 36.1 Å². The van der Waals surface area contributed by atoms with E-state index < -0.39 is 0 Å². The Balaban J connectivity index is 2.93. The van der Waals surface area contributed by atoms with E-state index in [1.54, 1.807) is 0 Å². The highest BCUT2D eigenvalue weighted by molar-refractivity contribution is 7.93. The van der Waals surface area contributed by atoms with E-state index in [-0.39, 0.29) is 0 Å². The van der Waals surface area contributed by atoms with Crippen molar-refractivity contribution in [2.75, 3.05) is 0 Å². The molecule has 0 fully saturated rings. The average molecular weight is 196 g/mol. The van der Waals surface area contributed by atoms with Crippen LogP contribution in [0.4, 0.5) is 0 Å². The summed E-state index contributed by atoms with van der Waals surface area (Å²) in [5, 5.41) is 0. The van der Waals surface area contributed by atoms with Crippen LogP contribution in [0.3, 0.4) is 0 Å². The highest BCUT2D eigenvalue weighted by atomic mass is 32.2. The van der Waals surface area contributed by atoms with Crippen LogP contribution >= 0.6 is 12.0 Å². The average Bonchev–Trinajstić information content (AvgIpc) is 2.19. The Bertz CT molecular complexity index is 271. The SMILES string of the molecule is CCCc1ccc(SO)cc1CC. The maximum Gasteiger partial charge on any atom is 0.0353 e. The third kappa shape index (κ3) is 2.75. The quantitative estimate of drug-likeness (QED) is 0.740. The van der Waals surface area contributed by atoms with Gasteiger partial charge in [0.2, 0.25) is 0 Å². The standard InChI is InChI=1S/C11H16OS/c1-3-5-10-6-7-11(13-12)8-9(10)4-2/h6-8,12H,3-5H2,1-2H3. The van der Waals surface area contributed by atoms with Crippen molar-refractivity contribution in [1.82, 2.24) is 0 Å². The summed E-state index contributed by atoms with van der Waals surface area (Å²) in [6.45, 7) is 4.34. The van der Waals surface area contributed by atoms with Crippen molar-refractivity contribution in [2.24, 2.45) is 0 Å². The van der Waals surface area contributed by atoms with E-state index in [2.05, 4.69) is 26.0 Å². The van der Waals surface area contributed by atoms with Crippen molar-refractivity contribution in [3.63, 3.8) is 0 Å². The van der Waals surface area contributed by atoms with E-state index in [1.165, 1.54) is 17.5 Å². The first-order valence-electron chi connectivity index (χ1n) is 4.75. The predicted molar refractivity (Wildman–Crippen MR) is 58.3 cm³/mol. The predicted octanol–water partition coefficient (Wildman–Crippen LogP) is 3.77. The zero-order chi connectivity index (χ0) is 9.68. The van der Waals surface area contributed by atoms with Gasteiger partial charge in [-0.25, -0.2) is 0 Å². The largest absolute Gasteiger partial charge is 0.325 e. The van der Waals surface area contributed by atoms with Gasteiger partial charge < -0.3 is 4.55 Å². The molecule has 1 aromatic rings. The van der Waals surface area contributed by atoms with Gasteiger partial charge in [0, 0.05) is 16.9 Å². The number of hydrogen-bond acceptors (Lipinski definition) is 2. The summed E-state index contributed by atoms with van der Waals surface area (Å²) in [7, 11) is 0. The number of aryl methyl sites for hydroxylation is 2. The fraction of sp³-hybridized carbons (Fsp3) is 0.455. The summed E-state index contributed by atoms with van der Waals surface area (Å²) in [5.41, 5.74) is 2.78. The third-order valence-corrected chi connectivity index (χ3v) is 2.65. The maximum atomic E-state index is 8.90. The second-order valence-corrected chi connectivity index (χ2v) is 3.78. The second-order valence-electron chi connectivity index (χ2n) is 3.13. The first-order chi connectivity index (χ1) is 6.31. The molecule has 0 heterocycles. The van der Waals surface area contributed by atoms with Gasteiger partial charge in [0.15, 0.2) is 0 Å². The first-order valence-corrected chi connectivity index (χ1v) is 5.52. The summed E-state index contributed by atoms with van der Waals surface area (Å²) < 4.78 is 8.90. The van der Waals surface area contributed by atoms with Crippen molar-refractivity contribution in [1.29, 1.82) is 0 Å². The van der Waals surface area contributed by atoms with Crippen LogP contribution in [-0.4, -0.2) is 4.55 Å². The Morgan fingerprint density at radius 2 is 2.00 bits per heavy atom. The topological polar surface area (TPSA) is 20.2 Å². The Labute approximate surface area is 84.4 Å². The van der Waals surface area contributed by atoms with Crippen molar-refractivity contribution in [3.8, 4) is 0 Å². The van der Waals surface area contributed by atoms with Crippen LogP contribution in [0.1, 0.15) is 31.4 Å². The van der Waals surface area contributed by atoms with Gasteiger partial charge in [0.25, 0.3) is 0 Å². The molecular formula is C11H16OS. The zero-order valence-corrected chi connectivity index (χ0v) is 9.03. The van der Waals surface area contributed by atoms with Crippen LogP contribution in [0.25, 0.3) is 0 Å². The molecule has 1 nitrogen and oxygen atoms in total. The van der Waals surface area contributed by atoms with Gasteiger partial charge in [-0.2, -0.15) is 0 Å². The van der Waals surface area contributed by atoms with Crippen LogP contribution in [0.5, 0.6) is 0 Å². The molecule has 0 aliphatic rings. The number of rotatable bonds is 4. The minimum atomic E-state index is 0.825. The molecular weight excluding hydrogens is 180 g/mol. The van der Waals surface area contributed by atoms with Crippen LogP contribution in [0.2, 0.25) is 0 Å². The molecule has 0 atom stereocenters. The molecule has 0 unspecified atom stereocenters. The molecule has 0 saturated carbocycles. The molecule has 0 aliphatic carbocycles. The molecule has 2 heteroatoms. The van der Waals surface area contributed by atoms with Gasteiger partial charge >= 0.3 is 0 Å². The van der Waals surface area contributed by atoms with Crippen LogP contribution in [0.15, 0.2) is 23.1 Å². The van der Waals surface area contributed by atoms with Crippen molar-refractivity contribution in [3.05, 3.63) is 29.3 Å². The summed E-state index contributed by atoms with van der Waals surface area (Å²) in [5.74, 6) is 0. The molecule has 0 bridgehead atoms. The maximum absolute atomic E-state index is 8.90. The molecule has 0 radical (unpaired) electrons. The molecule has 72 valence electrons. The fourth-order valence-electron chi connectivity index (χ4n) is 1.50. The second kappa shape index (κ2) is 5.30. The minimum Gasteiger partial charge on any atom is -0.325 e. The van der Waals surface area contributed by atoms with Gasteiger partial charge in [-0.3, -0.25) is 0 Å². The Morgan fingerprint density at radius 1 is 1.23 bits per heavy atom. The lowest BCUT2D eigenvalue weighted by atomic mass is 10.0. The van der Waals surface area contributed by atoms with Crippen LogP contribution in [0, 0.1) is 0 Å². The van der Waals surface area contributed by atoms with E-state index in [9.17, 15) is 0 Å². The summed E-state index contributed by atoms with van der Waals surface area (Å²) in [6, 6.07) is 6.19. The number of benzene rings is 1. The van der Waals surface area contributed by atoms with E-state index in [1.807, 2.05) is 6.07 Å². The van der Waals surface area contributed by atoms with E-state index in [0.29, 0.717) is 0 Å². The molecule has 0 aliphatic heterocycles. The molecule has 0 saturated heterocycles. The minimum absolute atomic E-state index is 0.825. The highest BCUT2D eigenvalue weighted by Gasteiger charge is 2.01. The molecule has 1 N–H and O–H groups in total. The monoisotopic (exact) mass is 196 g/mol. The first kappa shape index (κ1) is 10.6. The zero-order valence-electron chi connectivity index (χ0n) is 8.21. The summed E-state index contributed by atoms with van der Waals surface area (Å²) >= 11 is 0.825. The third-order valence-electron chi connectivity index (χ3n) is 2.18. The Kier molecular flexibility index (Phi) is 4.33. The van der Waals surface area contributed by atoms with Gasteiger partial charge in [-0.1, -0.05) is 26.3 Å². The van der Waals surface area contributed by atoms with E-state index >= 15 is 0 Å². The van der Waals surface area contributed by atoms with Crippen LogP contribution in [-0.2, 0) is 12.8 Å². The molecule has 0 spiro atoms. The van der Waals surface area contributed by atoms with Gasteiger partial charge in [-0.15, -0.1) is 0 Å². The van der Waals surface area contributed by atoms with Crippen molar-refractivity contribution >= 4 is 12.0 Å². The van der Waals surface area contributed by atoms with Gasteiger partial charge in [0.1, 0.15) is 0 Å². The lowest BCUT2D eigenvalue weighted by Gasteiger charge is -2.07. The van der Waals surface area contributed by atoms with Crippen molar-refractivity contribution in [2.45, 2.75) is 38.0 Å². The molecule has 1 rings (SSSR count). The number of hydrogen-bond donors (Lipinski definition) is 1. The van der Waals surface area contributed by atoms with E-state index in [4.69, 9.17) is 4.55 Å². The molecule has 1 aromatic carbocycles. The molecule has 0 aromatic heterocycles. The van der Waals surface area contributed by atoms with E-state index in [0.717, 1.165) is 29.8 Å². The lowest BCUT2D eigenvalue weighted by molar-refractivity contribution is 0.663. The fourth-order valence-corrected chi connectivity index (χ4v) is 1.83. The molecule has 0 amide bonds. The normalized spacial score (nSPS) is 10.4. The summed E-state index contributed by atoms with van der Waals surface area (Å²) in [4.78, 5) is 0.941. The molecule has 13 heavy (non-hydrogen) atoms. The van der Waals surface area contributed by atoms with Gasteiger partial charge in [0.05, 0.1) is 0 Å². The summed E-state index contributed by atoms with van der Waals surface area (Å²) in [6.07, 6.45) is 3.36. The Hall–Kier alpha value is -0.470.